The minimum Gasteiger partial charge on any atom is -0.481 e. The van der Waals surface area contributed by atoms with Crippen molar-refractivity contribution >= 4 is 5.97 Å². The van der Waals surface area contributed by atoms with Crippen molar-refractivity contribution in [3.63, 3.8) is 0 Å². The van der Waals surface area contributed by atoms with Gasteiger partial charge in [-0.25, -0.2) is 8.78 Å². The topological polar surface area (TPSA) is 46.5 Å². The number of halogens is 2. The molecule has 2 fully saturated rings. The number of carboxylic acids is 1. The van der Waals surface area contributed by atoms with E-state index in [0.717, 1.165) is 24.6 Å². The Morgan fingerprint density at radius 3 is 2.37 bits per heavy atom. The summed E-state index contributed by atoms with van der Waals surface area (Å²) >= 11 is 0. The maximum Gasteiger partial charge on any atom is 0.310 e. The predicted octanol–water partition coefficient (Wildman–Crippen LogP) is 2.49. The van der Waals surface area contributed by atoms with Crippen LogP contribution in [0.5, 0.6) is 0 Å². The third-order valence-corrected chi connectivity index (χ3v) is 4.67. The molecule has 1 aliphatic carbocycles. The SMILES string of the molecule is O=C(O)C1(C2(c3cc(F)ccc3F)COC2)CCC1. The third kappa shape index (κ3) is 1.48. The molecule has 0 bridgehead atoms. The number of benzene rings is 1. The first-order valence-electron chi connectivity index (χ1n) is 6.29. The lowest BCUT2D eigenvalue weighted by molar-refractivity contribution is -0.192. The molecule has 1 heterocycles. The zero-order valence-corrected chi connectivity index (χ0v) is 10.3. The van der Waals surface area contributed by atoms with Crippen molar-refractivity contribution in [2.75, 3.05) is 13.2 Å². The van der Waals surface area contributed by atoms with E-state index in [4.69, 9.17) is 4.74 Å². The molecule has 102 valence electrons. The number of hydrogen-bond donors (Lipinski definition) is 1. The molecule has 1 saturated heterocycles. The van der Waals surface area contributed by atoms with Gasteiger partial charge < -0.3 is 9.84 Å². The summed E-state index contributed by atoms with van der Waals surface area (Å²) < 4.78 is 32.6. The van der Waals surface area contributed by atoms with Gasteiger partial charge in [0.15, 0.2) is 0 Å². The quantitative estimate of drug-likeness (QED) is 0.916. The summed E-state index contributed by atoms with van der Waals surface area (Å²) in [6.07, 6.45) is 1.77. The van der Waals surface area contributed by atoms with Crippen molar-refractivity contribution in [1.82, 2.24) is 0 Å². The van der Waals surface area contributed by atoms with Gasteiger partial charge in [-0.15, -0.1) is 0 Å². The molecule has 1 N–H and O–H groups in total. The molecule has 1 aromatic carbocycles. The zero-order chi connectivity index (χ0) is 13.7. The highest BCUT2D eigenvalue weighted by Crippen LogP contribution is 2.59. The molecule has 5 heteroatoms. The smallest absolute Gasteiger partial charge is 0.310 e. The Labute approximate surface area is 109 Å². The Bertz CT molecular complexity index is 533. The maximum absolute atomic E-state index is 14.0. The van der Waals surface area contributed by atoms with E-state index in [1.807, 2.05) is 0 Å². The van der Waals surface area contributed by atoms with Crippen LogP contribution in [0.3, 0.4) is 0 Å². The fraction of sp³-hybridized carbons (Fsp3) is 0.500. The second-order valence-electron chi connectivity index (χ2n) is 5.44. The van der Waals surface area contributed by atoms with Gasteiger partial charge >= 0.3 is 5.97 Å². The number of ether oxygens (including phenoxy) is 1. The van der Waals surface area contributed by atoms with Crippen molar-refractivity contribution in [3.05, 3.63) is 35.4 Å². The summed E-state index contributed by atoms with van der Waals surface area (Å²) in [5, 5.41) is 9.53. The normalized spacial score (nSPS) is 23.3. The lowest BCUT2D eigenvalue weighted by atomic mass is 9.49. The summed E-state index contributed by atoms with van der Waals surface area (Å²) in [5.41, 5.74) is -1.80. The summed E-state index contributed by atoms with van der Waals surface area (Å²) in [5.74, 6) is -2.05. The van der Waals surface area contributed by atoms with Gasteiger partial charge in [0.25, 0.3) is 0 Å². The van der Waals surface area contributed by atoms with Crippen molar-refractivity contribution in [2.24, 2.45) is 5.41 Å². The highest BCUT2D eigenvalue weighted by atomic mass is 19.1. The Kier molecular flexibility index (Phi) is 2.64. The van der Waals surface area contributed by atoms with Crippen molar-refractivity contribution in [3.8, 4) is 0 Å². The molecule has 0 aromatic heterocycles. The standard InChI is InChI=1S/C14H14F2O3/c15-9-2-3-11(16)10(6-9)14(7-19-8-14)13(12(17)18)4-1-5-13/h2-3,6H,1,4-5,7-8H2,(H,17,18). The average Bonchev–Trinajstić information content (AvgIpc) is 2.24. The molecule has 19 heavy (non-hydrogen) atoms. The Hall–Kier alpha value is -1.49. The summed E-state index contributed by atoms with van der Waals surface area (Å²) in [6, 6.07) is 3.21. The molecular weight excluding hydrogens is 254 g/mol. The third-order valence-electron chi connectivity index (χ3n) is 4.67. The fourth-order valence-electron chi connectivity index (χ4n) is 3.29. The van der Waals surface area contributed by atoms with Gasteiger partial charge in [-0.2, -0.15) is 0 Å². The van der Waals surface area contributed by atoms with E-state index >= 15 is 0 Å². The first kappa shape index (κ1) is 12.5. The van der Waals surface area contributed by atoms with Gasteiger partial charge in [-0.05, 0) is 31.0 Å². The van der Waals surface area contributed by atoms with E-state index in [2.05, 4.69) is 0 Å². The van der Waals surface area contributed by atoms with E-state index in [1.165, 1.54) is 0 Å². The van der Waals surface area contributed by atoms with E-state index in [9.17, 15) is 18.7 Å². The number of rotatable bonds is 3. The van der Waals surface area contributed by atoms with Gasteiger partial charge in [0.2, 0.25) is 0 Å². The van der Waals surface area contributed by atoms with E-state index in [1.54, 1.807) is 0 Å². The van der Waals surface area contributed by atoms with Gasteiger partial charge in [0.1, 0.15) is 11.6 Å². The van der Waals surface area contributed by atoms with Gasteiger partial charge in [-0.3, -0.25) is 4.79 Å². The molecule has 0 unspecified atom stereocenters. The zero-order valence-electron chi connectivity index (χ0n) is 10.3. The number of carboxylic acid groups (broad SMARTS) is 1. The first-order chi connectivity index (χ1) is 9.02. The van der Waals surface area contributed by atoms with Crippen LogP contribution in [0.1, 0.15) is 24.8 Å². The van der Waals surface area contributed by atoms with Crippen LogP contribution in [0.15, 0.2) is 18.2 Å². The van der Waals surface area contributed by atoms with E-state index < -0.39 is 28.4 Å². The Morgan fingerprint density at radius 1 is 1.26 bits per heavy atom. The van der Waals surface area contributed by atoms with Crippen LogP contribution in [0.2, 0.25) is 0 Å². The first-order valence-corrected chi connectivity index (χ1v) is 6.29. The molecule has 0 amide bonds. The summed E-state index contributed by atoms with van der Waals surface area (Å²) in [7, 11) is 0. The molecule has 1 aromatic rings. The van der Waals surface area contributed by atoms with E-state index in [-0.39, 0.29) is 18.8 Å². The fourth-order valence-corrected chi connectivity index (χ4v) is 3.29. The average molecular weight is 268 g/mol. The Balaban J connectivity index is 2.13. The number of carbonyl (C=O) groups is 1. The lowest BCUT2D eigenvalue weighted by Crippen LogP contribution is -2.65. The molecule has 1 saturated carbocycles. The second kappa shape index (κ2) is 4.00. The number of hydrogen-bond acceptors (Lipinski definition) is 2. The van der Waals surface area contributed by atoms with Crippen molar-refractivity contribution < 1.29 is 23.4 Å². The van der Waals surface area contributed by atoms with Crippen molar-refractivity contribution in [2.45, 2.75) is 24.7 Å². The highest BCUT2D eigenvalue weighted by molar-refractivity contribution is 5.79. The number of aliphatic carboxylic acids is 1. The monoisotopic (exact) mass is 268 g/mol. The van der Waals surface area contributed by atoms with Crippen molar-refractivity contribution in [1.29, 1.82) is 0 Å². The second-order valence-corrected chi connectivity index (χ2v) is 5.44. The van der Waals surface area contributed by atoms with Crippen LogP contribution in [-0.4, -0.2) is 24.3 Å². The van der Waals surface area contributed by atoms with Crippen LogP contribution < -0.4 is 0 Å². The largest absolute Gasteiger partial charge is 0.481 e. The van der Waals surface area contributed by atoms with Crippen LogP contribution in [0.4, 0.5) is 8.78 Å². The van der Waals surface area contributed by atoms with Gasteiger partial charge in [0.05, 0.1) is 24.0 Å². The van der Waals surface area contributed by atoms with Gasteiger partial charge in [-0.1, -0.05) is 6.42 Å². The molecule has 1 aliphatic heterocycles. The molecule has 0 radical (unpaired) electrons. The van der Waals surface area contributed by atoms with Crippen LogP contribution >= 0.6 is 0 Å². The molecule has 0 atom stereocenters. The molecule has 3 nitrogen and oxygen atoms in total. The molecule has 2 aliphatic rings. The minimum atomic E-state index is -1.01. The van der Waals surface area contributed by atoms with Crippen LogP contribution in [0, 0.1) is 17.0 Å². The lowest BCUT2D eigenvalue weighted by Gasteiger charge is -2.57. The maximum atomic E-state index is 14.0. The molecule has 3 rings (SSSR count). The minimum absolute atomic E-state index is 0.139. The van der Waals surface area contributed by atoms with E-state index in [0.29, 0.717) is 12.8 Å². The molecular formula is C14H14F2O3. The summed E-state index contributed by atoms with van der Waals surface area (Å²) in [4.78, 5) is 11.6. The summed E-state index contributed by atoms with van der Waals surface area (Å²) in [6.45, 7) is 0.277. The Morgan fingerprint density at radius 2 is 1.95 bits per heavy atom. The molecule has 0 spiro atoms. The van der Waals surface area contributed by atoms with Gasteiger partial charge in [0, 0.05) is 5.56 Å². The predicted molar refractivity (Wildman–Crippen MR) is 62.8 cm³/mol. The van der Waals surface area contributed by atoms with Crippen LogP contribution in [0.25, 0.3) is 0 Å². The highest BCUT2D eigenvalue weighted by Gasteiger charge is 2.65. The van der Waals surface area contributed by atoms with Crippen LogP contribution in [-0.2, 0) is 14.9 Å².